The first-order valence-corrected chi connectivity index (χ1v) is 4.74. The molecular formula is C9H16F3NO3. The maximum absolute atomic E-state index is 11.6. The van der Waals surface area contributed by atoms with Crippen molar-refractivity contribution < 1.29 is 27.8 Å². The number of alkyl halides is 3. The van der Waals surface area contributed by atoms with Crippen molar-refractivity contribution >= 4 is 5.91 Å². The van der Waals surface area contributed by atoms with Crippen LogP contribution in [0.25, 0.3) is 0 Å². The molecule has 7 heteroatoms. The minimum atomic E-state index is -4.37. The summed E-state index contributed by atoms with van der Waals surface area (Å²) in [6.07, 6.45) is -4.53. The monoisotopic (exact) mass is 243 g/mol. The Labute approximate surface area is 91.8 Å². The van der Waals surface area contributed by atoms with E-state index in [0.717, 1.165) is 0 Å². The highest BCUT2D eigenvalue weighted by Gasteiger charge is 2.27. The van der Waals surface area contributed by atoms with E-state index in [2.05, 4.69) is 10.1 Å². The molecule has 0 aromatic carbocycles. The molecule has 0 saturated carbocycles. The maximum Gasteiger partial charge on any atom is 0.411 e. The Morgan fingerprint density at radius 2 is 1.94 bits per heavy atom. The van der Waals surface area contributed by atoms with Gasteiger partial charge in [-0.1, -0.05) is 0 Å². The molecule has 0 rings (SSSR count). The Kier molecular flexibility index (Phi) is 5.74. The summed E-state index contributed by atoms with van der Waals surface area (Å²) >= 11 is 0. The van der Waals surface area contributed by atoms with E-state index in [0.29, 0.717) is 0 Å². The zero-order valence-electron chi connectivity index (χ0n) is 9.23. The van der Waals surface area contributed by atoms with Gasteiger partial charge in [0.25, 0.3) is 0 Å². The maximum atomic E-state index is 11.6. The normalized spacial score (nSPS) is 12.6. The van der Waals surface area contributed by atoms with Crippen LogP contribution in [0.1, 0.15) is 20.3 Å². The second kappa shape index (κ2) is 6.05. The van der Waals surface area contributed by atoms with Gasteiger partial charge in [-0.2, -0.15) is 13.2 Å². The second-order valence-electron chi connectivity index (χ2n) is 4.01. The molecule has 0 aliphatic rings. The minimum absolute atomic E-state index is 0.0467. The van der Waals surface area contributed by atoms with Gasteiger partial charge in [-0.15, -0.1) is 0 Å². The van der Waals surface area contributed by atoms with Crippen molar-refractivity contribution in [3.05, 3.63) is 0 Å². The lowest BCUT2D eigenvalue weighted by Gasteiger charge is -2.17. The minimum Gasteiger partial charge on any atom is -0.389 e. The molecule has 0 aliphatic heterocycles. The van der Waals surface area contributed by atoms with Gasteiger partial charge in [0.05, 0.1) is 12.2 Å². The van der Waals surface area contributed by atoms with E-state index in [9.17, 15) is 23.1 Å². The molecule has 0 heterocycles. The van der Waals surface area contributed by atoms with Crippen LogP contribution in [0.4, 0.5) is 13.2 Å². The Morgan fingerprint density at radius 1 is 1.38 bits per heavy atom. The lowest BCUT2D eigenvalue weighted by Crippen LogP contribution is -2.38. The molecule has 4 nitrogen and oxygen atoms in total. The van der Waals surface area contributed by atoms with Crippen LogP contribution in [0.3, 0.4) is 0 Å². The SMILES string of the molecule is CC(C)(O)CNC(=O)CCOCC(F)(F)F. The highest BCUT2D eigenvalue weighted by atomic mass is 19.4. The van der Waals surface area contributed by atoms with Crippen LogP contribution in [0.5, 0.6) is 0 Å². The van der Waals surface area contributed by atoms with Gasteiger partial charge in [0.15, 0.2) is 0 Å². The van der Waals surface area contributed by atoms with Gasteiger partial charge in [-0.3, -0.25) is 4.79 Å². The van der Waals surface area contributed by atoms with Crippen molar-refractivity contribution in [2.45, 2.75) is 32.0 Å². The fraction of sp³-hybridized carbons (Fsp3) is 0.889. The average Bonchev–Trinajstić information content (AvgIpc) is 2.06. The number of carbonyl (C=O) groups excluding carboxylic acids is 1. The average molecular weight is 243 g/mol. The third kappa shape index (κ3) is 11.3. The first kappa shape index (κ1) is 15.2. The number of halogens is 3. The van der Waals surface area contributed by atoms with Crippen molar-refractivity contribution in [2.75, 3.05) is 19.8 Å². The summed E-state index contributed by atoms with van der Waals surface area (Å²) in [6, 6.07) is 0. The molecule has 0 spiro atoms. The predicted octanol–water partition coefficient (Wildman–Crippen LogP) is 0.843. The molecule has 0 aromatic heterocycles. The molecule has 96 valence electrons. The van der Waals surface area contributed by atoms with Crippen molar-refractivity contribution in [1.82, 2.24) is 5.32 Å². The van der Waals surface area contributed by atoms with Crippen LogP contribution in [0, 0.1) is 0 Å². The number of carbonyl (C=O) groups is 1. The van der Waals surface area contributed by atoms with Crippen molar-refractivity contribution in [3.8, 4) is 0 Å². The fourth-order valence-electron chi connectivity index (χ4n) is 0.756. The number of ether oxygens (including phenoxy) is 1. The molecule has 2 N–H and O–H groups in total. The van der Waals surface area contributed by atoms with E-state index in [1.807, 2.05) is 0 Å². The number of rotatable bonds is 6. The van der Waals surface area contributed by atoms with E-state index < -0.39 is 24.3 Å². The molecule has 0 aromatic rings. The lowest BCUT2D eigenvalue weighted by molar-refractivity contribution is -0.174. The highest BCUT2D eigenvalue weighted by molar-refractivity contribution is 5.76. The third-order valence-corrected chi connectivity index (χ3v) is 1.46. The molecule has 0 atom stereocenters. The highest BCUT2D eigenvalue weighted by Crippen LogP contribution is 2.14. The van der Waals surface area contributed by atoms with Gasteiger partial charge < -0.3 is 15.2 Å². The number of nitrogens with one attached hydrogen (secondary N) is 1. The molecule has 16 heavy (non-hydrogen) atoms. The molecule has 0 bridgehead atoms. The molecule has 0 saturated heterocycles. The first-order valence-electron chi connectivity index (χ1n) is 4.74. The van der Waals surface area contributed by atoms with Gasteiger partial charge >= 0.3 is 6.18 Å². The third-order valence-electron chi connectivity index (χ3n) is 1.46. The topological polar surface area (TPSA) is 58.6 Å². The quantitative estimate of drug-likeness (QED) is 0.680. The predicted molar refractivity (Wildman–Crippen MR) is 50.8 cm³/mol. The van der Waals surface area contributed by atoms with Crippen LogP contribution < -0.4 is 5.32 Å². The smallest absolute Gasteiger partial charge is 0.389 e. The Bertz CT molecular complexity index is 223. The van der Waals surface area contributed by atoms with E-state index in [4.69, 9.17) is 0 Å². The summed E-state index contributed by atoms with van der Waals surface area (Å²) in [5, 5.41) is 11.6. The van der Waals surface area contributed by atoms with Gasteiger partial charge in [0.1, 0.15) is 6.61 Å². The Morgan fingerprint density at radius 3 is 2.38 bits per heavy atom. The molecule has 0 unspecified atom stereocenters. The van der Waals surface area contributed by atoms with Gasteiger partial charge in [-0.05, 0) is 13.8 Å². The number of amides is 1. The number of hydrogen-bond acceptors (Lipinski definition) is 3. The largest absolute Gasteiger partial charge is 0.411 e. The van der Waals surface area contributed by atoms with Crippen LogP contribution >= 0.6 is 0 Å². The Balaban J connectivity index is 3.52. The van der Waals surface area contributed by atoms with Crippen LogP contribution in [-0.4, -0.2) is 42.5 Å². The van der Waals surface area contributed by atoms with Gasteiger partial charge in [0, 0.05) is 13.0 Å². The van der Waals surface area contributed by atoms with Crippen LogP contribution in [0.2, 0.25) is 0 Å². The van der Waals surface area contributed by atoms with Crippen LogP contribution in [-0.2, 0) is 9.53 Å². The van der Waals surface area contributed by atoms with Crippen molar-refractivity contribution in [1.29, 1.82) is 0 Å². The number of aliphatic hydroxyl groups is 1. The molecule has 1 amide bonds. The zero-order valence-corrected chi connectivity index (χ0v) is 9.23. The lowest BCUT2D eigenvalue weighted by atomic mass is 10.1. The summed E-state index contributed by atoms with van der Waals surface area (Å²) in [4.78, 5) is 11.0. The first-order chi connectivity index (χ1) is 7.10. The second-order valence-corrected chi connectivity index (χ2v) is 4.01. The molecule has 0 fully saturated rings. The molecule has 0 aliphatic carbocycles. The van der Waals surface area contributed by atoms with E-state index >= 15 is 0 Å². The Hall–Kier alpha value is -0.820. The van der Waals surface area contributed by atoms with Crippen molar-refractivity contribution in [2.24, 2.45) is 0 Å². The fourth-order valence-corrected chi connectivity index (χ4v) is 0.756. The zero-order chi connectivity index (χ0) is 12.8. The molecular weight excluding hydrogens is 227 g/mol. The van der Waals surface area contributed by atoms with E-state index in [-0.39, 0.29) is 19.6 Å². The van der Waals surface area contributed by atoms with Crippen molar-refractivity contribution in [3.63, 3.8) is 0 Å². The summed E-state index contributed by atoms with van der Waals surface area (Å²) in [5.74, 6) is -0.454. The van der Waals surface area contributed by atoms with Gasteiger partial charge in [-0.25, -0.2) is 0 Å². The summed E-state index contributed by atoms with van der Waals surface area (Å²) in [5.41, 5.74) is -1.04. The summed E-state index contributed by atoms with van der Waals surface area (Å²) < 4.78 is 39.1. The standard InChI is InChI=1S/C9H16F3NO3/c1-8(2,15)5-13-7(14)3-4-16-6-9(10,11)12/h15H,3-6H2,1-2H3,(H,13,14). The van der Waals surface area contributed by atoms with Gasteiger partial charge in [0.2, 0.25) is 5.91 Å². The molecule has 0 radical (unpaired) electrons. The van der Waals surface area contributed by atoms with E-state index in [1.54, 1.807) is 0 Å². The summed E-state index contributed by atoms with van der Waals surface area (Å²) in [7, 11) is 0. The van der Waals surface area contributed by atoms with E-state index in [1.165, 1.54) is 13.8 Å². The number of hydrogen-bond donors (Lipinski definition) is 2. The summed E-state index contributed by atoms with van der Waals surface area (Å²) in [6.45, 7) is 1.41. The van der Waals surface area contributed by atoms with Crippen LogP contribution in [0.15, 0.2) is 0 Å².